The predicted molar refractivity (Wildman–Crippen MR) is 85.2 cm³/mol. The molecule has 0 aromatic heterocycles. The van der Waals surface area contributed by atoms with E-state index in [-0.39, 0.29) is 11.4 Å². The fourth-order valence-corrected chi connectivity index (χ4v) is 3.16. The lowest BCUT2D eigenvalue weighted by Gasteiger charge is -2.40. The Bertz CT molecular complexity index is 482. The average Bonchev–Trinajstić information content (AvgIpc) is 2.45. The number of ether oxygens (including phenoxy) is 1. The number of carbonyl (C=O) groups is 1. The maximum Gasteiger partial charge on any atom is 0.305 e. The third kappa shape index (κ3) is 4.07. The zero-order valence-electron chi connectivity index (χ0n) is 13.4. The molecule has 1 atom stereocenters. The highest BCUT2D eigenvalue weighted by atomic mass is 16.5. The lowest BCUT2D eigenvalue weighted by molar-refractivity contribution is -0.143. The van der Waals surface area contributed by atoms with Crippen LogP contribution in [0.4, 0.5) is 0 Å². The maximum atomic E-state index is 11.4. The highest BCUT2D eigenvalue weighted by Crippen LogP contribution is 2.43. The van der Waals surface area contributed by atoms with Gasteiger partial charge in [0.15, 0.2) is 0 Å². The van der Waals surface area contributed by atoms with Crippen LogP contribution in [0.1, 0.15) is 57.2 Å². The second kappa shape index (κ2) is 7.08. The third-order valence-corrected chi connectivity index (χ3v) is 4.40. The largest absolute Gasteiger partial charge is 0.466 e. The molecule has 1 aliphatic carbocycles. The van der Waals surface area contributed by atoms with E-state index in [1.54, 1.807) is 0 Å². The van der Waals surface area contributed by atoms with Gasteiger partial charge in [-0.2, -0.15) is 0 Å². The first-order valence-electron chi connectivity index (χ1n) is 8.01. The smallest absolute Gasteiger partial charge is 0.305 e. The van der Waals surface area contributed by atoms with Crippen molar-refractivity contribution in [1.82, 2.24) is 5.32 Å². The Labute approximate surface area is 128 Å². The van der Waals surface area contributed by atoms with E-state index in [1.807, 2.05) is 6.92 Å². The Balaban J connectivity index is 1.93. The first-order valence-corrected chi connectivity index (χ1v) is 8.01. The molecule has 1 unspecified atom stereocenters. The number of hydrogen-bond acceptors (Lipinski definition) is 3. The highest BCUT2D eigenvalue weighted by molar-refractivity contribution is 5.69. The van der Waals surface area contributed by atoms with Gasteiger partial charge in [0.2, 0.25) is 0 Å². The summed E-state index contributed by atoms with van der Waals surface area (Å²) in [7, 11) is 0. The maximum absolute atomic E-state index is 11.4. The molecule has 0 aliphatic heterocycles. The van der Waals surface area contributed by atoms with Crippen LogP contribution < -0.4 is 5.32 Å². The van der Waals surface area contributed by atoms with Crippen molar-refractivity contribution < 1.29 is 9.53 Å². The van der Waals surface area contributed by atoms with Crippen molar-refractivity contribution in [2.75, 3.05) is 13.2 Å². The summed E-state index contributed by atoms with van der Waals surface area (Å²) >= 11 is 0. The zero-order chi connectivity index (χ0) is 15.3. The molecule has 3 nitrogen and oxygen atoms in total. The van der Waals surface area contributed by atoms with Crippen LogP contribution in [-0.4, -0.2) is 19.1 Å². The van der Waals surface area contributed by atoms with Crippen molar-refractivity contribution >= 4 is 5.97 Å². The number of hydrogen-bond donors (Lipinski definition) is 1. The van der Waals surface area contributed by atoms with Crippen molar-refractivity contribution in [3.8, 4) is 0 Å². The minimum Gasteiger partial charge on any atom is -0.466 e. The van der Waals surface area contributed by atoms with Crippen LogP contribution in [0.5, 0.6) is 0 Å². The third-order valence-electron chi connectivity index (χ3n) is 4.40. The molecular weight excluding hydrogens is 262 g/mol. The standard InChI is InChI=1S/C18H27NO2/c1-4-21-16(20)10-7-13-19-17-15-9-6-5-8-14(15)11-12-18(17,2)3/h5-6,8-9,17,19H,4,7,10-13H2,1-3H3. The molecule has 3 heteroatoms. The Morgan fingerprint density at radius 3 is 2.90 bits per heavy atom. The van der Waals surface area contributed by atoms with Crippen molar-refractivity contribution in [3.05, 3.63) is 35.4 Å². The lowest BCUT2D eigenvalue weighted by atomic mass is 9.70. The van der Waals surface area contributed by atoms with E-state index in [2.05, 4.69) is 43.4 Å². The molecule has 0 saturated heterocycles. The summed E-state index contributed by atoms with van der Waals surface area (Å²) in [5.41, 5.74) is 3.13. The van der Waals surface area contributed by atoms with Crippen LogP contribution in [0.25, 0.3) is 0 Å². The van der Waals surface area contributed by atoms with Gasteiger partial charge in [-0.3, -0.25) is 4.79 Å². The Kier molecular flexibility index (Phi) is 5.40. The Hall–Kier alpha value is -1.35. The summed E-state index contributed by atoms with van der Waals surface area (Å²) in [6, 6.07) is 9.07. The van der Waals surface area contributed by atoms with Gasteiger partial charge in [-0.05, 0) is 49.3 Å². The fourth-order valence-electron chi connectivity index (χ4n) is 3.16. The van der Waals surface area contributed by atoms with E-state index in [0.717, 1.165) is 19.4 Å². The molecule has 1 aliphatic rings. The van der Waals surface area contributed by atoms with Crippen LogP contribution in [-0.2, 0) is 16.0 Å². The van der Waals surface area contributed by atoms with E-state index in [0.29, 0.717) is 19.1 Å². The summed E-state index contributed by atoms with van der Waals surface area (Å²) < 4.78 is 4.96. The predicted octanol–water partition coefficient (Wildman–Crippen LogP) is 3.63. The van der Waals surface area contributed by atoms with E-state index in [4.69, 9.17) is 4.74 Å². The fraction of sp³-hybridized carbons (Fsp3) is 0.611. The summed E-state index contributed by atoms with van der Waals surface area (Å²) in [5, 5.41) is 3.66. The van der Waals surface area contributed by atoms with Gasteiger partial charge in [-0.15, -0.1) is 0 Å². The number of fused-ring (bicyclic) bond motifs is 1. The van der Waals surface area contributed by atoms with Gasteiger partial charge in [0.05, 0.1) is 6.61 Å². The number of aryl methyl sites for hydroxylation is 1. The molecule has 1 aromatic rings. The van der Waals surface area contributed by atoms with Gasteiger partial charge < -0.3 is 10.1 Å². The van der Waals surface area contributed by atoms with E-state index in [9.17, 15) is 4.79 Å². The summed E-state index contributed by atoms with van der Waals surface area (Å²) in [6.45, 7) is 7.81. The number of nitrogens with one attached hydrogen (secondary N) is 1. The zero-order valence-corrected chi connectivity index (χ0v) is 13.4. The SMILES string of the molecule is CCOC(=O)CCCNC1c2ccccc2CCC1(C)C. The molecule has 0 spiro atoms. The number of rotatable bonds is 6. The summed E-state index contributed by atoms with van der Waals surface area (Å²) in [5.74, 6) is -0.0948. The van der Waals surface area contributed by atoms with Crippen molar-refractivity contribution in [2.45, 2.75) is 52.5 Å². The first kappa shape index (κ1) is 16.0. The molecule has 116 valence electrons. The van der Waals surface area contributed by atoms with Crippen LogP contribution in [0.2, 0.25) is 0 Å². The van der Waals surface area contributed by atoms with E-state index < -0.39 is 0 Å². The molecule has 1 aromatic carbocycles. The lowest BCUT2D eigenvalue weighted by Crippen LogP contribution is -2.38. The first-order chi connectivity index (χ1) is 10.0. The number of benzene rings is 1. The summed E-state index contributed by atoms with van der Waals surface area (Å²) in [6.07, 6.45) is 3.67. The van der Waals surface area contributed by atoms with Gasteiger partial charge in [0, 0.05) is 12.5 Å². The van der Waals surface area contributed by atoms with Crippen molar-refractivity contribution in [2.24, 2.45) is 5.41 Å². The minimum atomic E-state index is -0.0948. The summed E-state index contributed by atoms with van der Waals surface area (Å²) in [4.78, 5) is 11.4. The van der Waals surface area contributed by atoms with Crippen LogP contribution in [0.3, 0.4) is 0 Å². The molecular formula is C18H27NO2. The Morgan fingerprint density at radius 1 is 1.38 bits per heavy atom. The number of carbonyl (C=O) groups excluding carboxylic acids is 1. The molecule has 2 rings (SSSR count). The highest BCUT2D eigenvalue weighted by Gasteiger charge is 2.35. The minimum absolute atomic E-state index is 0.0948. The molecule has 21 heavy (non-hydrogen) atoms. The second-order valence-electron chi connectivity index (χ2n) is 6.48. The average molecular weight is 289 g/mol. The molecule has 0 bridgehead atoms. The van der Waals surface area contributed by atoms with Gasteiger partial charge >= 0.3 is 5.97 Å². The van der Waals surface area contributed by atoms with Crippen molar-refractivity contribution in [1.29, 1.82) is 0 Å². The monoisotopic (exact) mass is 289 g/mol. The van der Waals surface area contributed by atoms with E-state index >= 15 is 0 Å². The van der Waals surface area contributed by atoms with Gasteiger partial charge in [-0.1, -0.05) is 38.1 Å². The molecule has 0 fully saturated rings. The number of esters is 1. The quantitative estimate of drug-likeness (QED) is 0.642. The second-order valence-corrected chi connectivity index (χ2v) is 6.48. The molecule has 0 radical (unpaired) electrons. The van der Waals surface area contributed by atoms with Gasteiger partial charge in [-0.25, -0.2) is 0 Å². The normalized spacial score (nSPS) is 19.9. The van der Waals surface area contributed by atoms with Crippen LogP contribution in [0, 0.1) is 5.41 Å². The van der Waals surface area contributed by atoms with Crippen molar-refractivity contribution in [3.63, 3.8) is 0 Å². The molecule has 0 saturated carbocycles. The Morgan fingerprint density at radius 2 is 2.14 bits per heavy atom. The topological polar surface area (TPSA) is 38.3 Å². The molecule has 0 amide bonds. The van der Waals surface area contributed by atoms with Crippen LogP contribution in [0.15, 0.2) is 24.3 Å². The van der Waals surface area contributed by atoms with E-state index in [1.165, 1.54) is 17.5 Å². The van der Waals surface area contributed by atoms with Gasteiger partial charge in [0.1, 0.15) is 0 Å². The van der Waals surface area contributed by atoms with Crippen LogP contribution >= 0.6 is 0 Å². The molecule has 0 heterocycles. The van der Waals surface area contributed by atoms with Gasteiger partial charge in [0.25, 0.3) is 0 Å². The molecule has 1 N–H and O–H groups in total.